The van der Waals surface area contributed by atoms with Crippen molar-refractivity contribution in [2.75, 3.05) is 4.90 Å². The van der Waals surface area contributed by atoms with Crippen LogP contribution < -0.4 is 4.90 Å². The van der Waals surface area contributed by atoms with Gasteiger partial charge in [0.2, 0.25) is 0 Å². The van der Waals surface area contributed by atoms with Crippen LogP contribution in [0.5, 0.6) is 0 Å². The summed E-state index contributed by atoms with van der Waals surface area (Å²) in [5.41, 5.74) is 11.2. The maximum atomic E-state index is 2.41. The van der Waals surface area contributed by atoms with E-state index in [1.165, 1.54) is 60.6 Å². The molecule has 0 aromatic heterocycles. The standard InChI is InChI=1S/C41H31N/c1-41(2)36-25-12-16-29-26-27-37(42(30-17-5-3-6-18-30)31-19-7-4-8-20-31)39(38(29)36)35-24-13-23-34(40(35)41)33-22-11-15-28-14-9-10-21-32(28)33/h3-27H,1-2H3. The SMILES string of the molecule is CC1(C)c2c(-c3cccc4ccccc34)cccc2-c2c(N(c3ccccc3)c3ccccc3)ccc3cccc1c23. The summed E-state index contributed by atoms with van der Waals surface area (Å²) >= 11 is 0. The minimum Gasteiger partial charge on any atom is -0.310 e. The third-order valence-electron chi connectivity index (χ3n) is 9.01. The Bertz CT molecular complexity index is 2060. The summed E-state index contributed by atoms with van der Waals surface area (Å²) < 4.78 is 0. The number of fused-ring (bicyclic) bond motifs is 3. The molecular weight excluding hydrogens is 506 g/mol. The summed E-state index contributed by atoms with van der Waals surface area (Å²) in [4.78, 5) is 2.41. The lowest BCUT2D eigenvalue weighted by Gasteiger charge is -2.39. The fourth-order valence-electron chi connectivity index (χ4n) is 7.18. The van der Waals surface area contributed by atoms with Crippen LogP contribution in [0.15, 0.2) is 152 Å². The molecule has 0 amide bonds. The molecule has 0 fully saturated rings. The lowest BCUT2D eigenvalue weighted by atomic mass is 9.66. The van der Waals surface area contributed by atoms with Gasteiger partial charge in [-0.2, -0.15) is 0 Å². The van der Waals surface area contributed by atoms with Gasteiger partial charge in [-0.3, -0.25) is 0 Å². The first-order valence-corrected chi connectivity index (χ1v) is 14.7. The maximum Gasteiger partial charge on any atom is 0.0546 e. The van der Waals surface area contributed by atoms with E-state index in [9.17, 15) is 0 Å². The van der Waals surface area contributed by atoms with Crippen molar-refractivity contribution in [3.63, 3.8) is 0 Å². The van der Waals surface area contributed by atoms with Gasteiger partial charge in [0, 0.05) is 22.4 Å². The van der Waals surface area contributed by atoms with E-state index in [1.807, 2.05) is 0 Å². The molecule has 0 heterocycles. The van der Waals surface area contributed by atoms with Gasteiger partial charge in [-0.25, -0.2) is 0 Å². The molecule has 0 N–H and O–H groups in total. The molecule has 0 bridgehead atoms. The zero-order valence-electron chi connectivity index (χ0n) is 23.9. The minimum absolute atomic E-state index is 0.196. The number of rotatable bonds is 4. The summed E-state index contributed by atoms with van der Waals surface area (Å²) in [6.07, 6.45) is 0. The largest absolute Gasteiger partial charge is 0.310 e. The molecule has 7 aromatic carbocycles. The molecule has 0 saturated carbocycles. The Balaban J connectivity index is 1.50. The monoisotopic (exact) mass is 537 g/mol. The van der Waals surface area contributed by atoms with Gasteiger partial charge in [0.1, 0.15) is 0 Å². The summed E-state index contributed by atoms with van der Waals surface area (Å²) in [6.45, 7) is 4.80. The first-order chi connectivity index (χ1) is 20.6. The van der Waals surface area contributed by atoms with E-state index >= 15 is 0 Å². The zero-order chi connectivity index (χ0) is 28.3. The van der Waals surface area contributed by atoms with Gasteiger partial charge in [0.05, 0.1) is 5.69 Å². The second-order valence-electron chi connectivity index (χ2n) is 11.7. The van der Waals surface area contributed by atoms with Gasteiger partial charge < -0.3 is 4.90 Å². The van der Waals surface area contributed by atoms with Crippen LogP contribution in [0.4, 0.5) is 17.1 Å². The number of benzene rings is 7. The molecule has 0 atom stereocenters. The average Bonchev–Trinajstić information content (AvgIpc) is 3.04. The van der Waals surface area contributed by atoms with Crippen molar-refractivity contribution in [3.8, 4) is 22.3 Å². The van der Waals surface area contributed by atoms with Crippen LogP contribution in [0.1, 0.15) is 25.0 Å². The van der Waals surface area contributed by atoms with Gasteiger partial charge >= 0.3 is 0 Å². The van der Waals surface area contributed by atoms with Gasteiger partial charge in [0.15, 0.2) is 0 Å². The van der Waals surface area contributed by atoms with Crippen molar-refractivity contribution < 1.29 is 0 Å². The highest BCUT2D eigenvalue weighted by Crippen LogP contribution is 2.56. The zero-order valence-corrected chi connectivity index (χ0v) is 23.9. The van der Waals surface area contributed by atoms with Crippen LogP contribution in [-0.4, -0.2) is 0 Å². The van der Waals surface area contributed by atoms with E-state index in [1.54, 1.807) is 0 Å². The molecule has 0 radical (unpaired) electrons. The van der Waals surface area contributed by atoms with Gasteiger partial charge in [-0.15, -0.1) is 0 Å². The molecule has 42 heavy (non-hydrogen) atoms. The Hall–Kier alpha value is -5.14. The topological polar surface area (TPSA) is 3.24 Å². The van der Waals surface area contributed by atoms with E-state index in [2.05, 4.69) is 170 Å². The number of nitrogens with zero attached hydrogens (tertiary/aromatic N) is 1. The van der Waals surface area contributed by atoms with Gasteiger partial charge in [-0.1, -0.05) is 135 Å². The fourth-order valence-corrected chi connectivity index (χ4v) is 7.18. The Morgan fingerprint density at radius 1 is 0.452 bits per heavy atom. The Morgan fingerprint density at radius 2 is 1.02 bits per heavy atom. The summed E-state index contributed by atoms with van der Waals surface area (Å²) in [5, 5.41) is 5.18. The quantitative estimate of drug-likeness (QED) is 0.216. The third-order valence-corrected chi connectivity index (χ3v) is 9.01. The van der Waals surface area contributed by atoms with Crippen LogP contribution in [0, 0.1) is 0 Å². The van der Waals surface area contributed by atoms with Crippen LogP contribution in [0.25, 0.3) is 43.8 Å². The van der Waals surface area contributed by atoms with E-state index in [0.717, 1.165) is 11.4 Å². The van der Waals surface area contributed by atoms with E-state index < -0.39 is 0 Å². The first-order valence-electron chi connectivity index (χ1n) is 14.7. The van der Waals surface area contributed by atoms with Crippen molar-refractivity contribution in [1.82, 2.24) is 0 Å². The predicted octanol–water partition coefficient (Wildman–Crippen LogP) is 11.4. The highest BCUT2D eigenvalue weighted by molar-refractivity contribution is 6.11. The van der Waals surface area contributed by atoms with Crippen LogP contribution in [-0.2, 0) is 5.41 Å². The maximum absolute atomic E-state index is 2.41. The number of anilines is 3. The molecule has 0 unspecified atom stereocenters. The second kappa shape index (κ2) is 9.46. The third kappa shape index (κ3) is 3.63. The highest BCUT2D eigenvalue weighted by atomic mass is 15.1. The summed E-state index contributed by atoms with van der Waals surface area (Å²) in [6, 6.07) is 55.3. The molecule has 7 aromatic rings. The first kappa shape index (κ1) is 24.6. The normalized spacial score (nSPS) is 13.2. The Labute approximate surface area is 247 Å². The molecule has 1 aliphatic rings. The molecule has 8 rings (SSSR count). The van der Waals surface area contributed by atoms with Crippen LogP contribution in [0.2, 0.25) is 0 Å². The second-order valence-corrected chi connectivity index (χ2v) is 11.7. The van der Waals surface area contributed by atoms with E-state index in [4.69, 9.17) is 0 Å². The fraction of sp³-hybridized carbons (Fsp3) is 0.0732. The number of hydrogen-bond donors (Lipinski definition) is 0. The van der Waals surface area contributed by atoms with E-state index in [-0.39, 0.29) is 5.41 Å². The lowest BCUT2D eigenvalue weighted by molar-refractivity contribution is 0.647. The van der Waals surface area contributed by atoms with Crippen LogP contribution >= 0.6 is 0 Å². The van der Waals surface area contributed by atoms with Crippen LogP contribution in [0.3, 0.4) is 0 Å². The molecule has 1 heteroatoms. The van der Waals surface area contributed by atoms with Gasteiger partial charge in [0.25, 0.3) is 0 Å². The van der Waals surface area contributed by atoms with Gasteiger partial charge in [-0.05, 0) is 79.7 Å². The van der Waals surface area contributed by atoms with Crippen molar-refractivity contribution in [2.24, 2.45) is 0 Å². The molecule has 200 valence electrons. The van der Waals surface area contributed by atoms with E-state index in [0.29, 0.717) is 0 Å². The minimum atomic E-state index is -0.196. The van der Waals surface area contributed by atoms with Crippen molar-refractivity contribution in [2.45, 2.75) is 19.3 Å². The molecular formula is C41H31N. The predicted molar refractivity (Wildman–Crippen MR) is 179 cm³/mol. The van der Waals surface area contributed by atoms with Crippen molar-refractivity contribution in [3.05, 3.63) is 163 Å². The van der Waals surface area contributed by atoms with Crippen molar-refractivity contribution in [1.29, 1.82) is 0 Å². The molecule has 1 nitrogen and oxygen atoms in total. The highest BCUT2D eigenvalue weighted by Gasteiger charge is 2.37. The molecule has 1 aliphatic carbocycles. The average molecular weight is 538 g/mol. The summed E-state index contributed by atoms with van der Waals surface area (Å²) in [5.74, 6) is 0. The summed E-state index contributed by atoms with van der Waals surface area (Å²) in [7, 11) is 0. The number of para-hydroxylation sites is 2. The van der Waals surface area contributed by atoms with Crippen molar-refractivity contribution >= 4 is 38.6 Å². The molecule has 0 saturated heterocycles. The Kier molecular flexibility index (Phi) is 5.55. The Morgan fingerprint density at radius 3 is 1.79 bits per heavy atom. The number of hydrogen-bond acceptors (Lipinski definition) is 1. The molecule has 0 spiro atoms. The molecule has 0 aliphatic heterocycles. The smallest absolute Gasteiger partial charge is 0.0546 e. The lowest BCUT2D eigenvalue weighted by Crippen LogP contribution is -2.25.